The van der Waals surface area contributed by atoms with E-state index in [0.717, 1.165) is 37.6 Å². The second-order valence-electron chi connectivity index (χ2n) is 2.65. The second kappa shape index (κ2) is 4.87. The fraction of sp³-hybridized carbons (Fsp3) is 0.750. The van der Waals surface area contributed by atoms with E-state index >= 15 is 0 Å². The molecular formula is C8H15N3O. The van der Waals surface area contributed by atoms with E-state index in [1.807, 2.05) is 14.0 Å². The highest BCUT2D eigenvalue weighted by Crippen LogP contribution is 2.02. The number of nitrogens with zero attached hydrogens (tertiary/aromatic N) is 2. The number of hydrogen-bond acceptors (Lipinski definition) is 4. The van der Waals surface area contributed by atoms with E-state index in [1.165, 1.54) is 0 Å². The van der Waals surface area contributed by atoms with Gasteiger partial charge in [0.05, 0.1) is 0 Å². The molecule has 0 spiro atoms. The maximum absolute atomic E-state index is 5.33. The molecule has 1 aromatic heterocycles. The summed E-state index contributed by atoms with van der Waals surface area (Å²) in [5.41, 5.74) is 0. The van der Waals surface area contributed by atoms with Gasteiger partial charge in [-0.15, -0.1) is 10.2 Å². The summed E-state index contributed by atoms with van der Waals surface area (Å²) in [6.07, 6.45) is 2.73. The van der Waals surface area contributed by atoms with Crippen LogP contribution in [0.5, 0.6) is 0 Å². The zero-order valence-electron chi connectivity index (χ0n) is 7.63. The average Bonchev–Trinajstić information content (AvgIpc) is 2.53. The summed E-state index contributed by atoms with van der Waals surface area (Å²) < 4.78 is 5.33. The van der Waals surface area contributed by atoms with Gasteiger partial charge in [0.25, 0.3) is 0 Å². The lowest BCUT2D eigenvalue weighted by atomic mass is 10.3. The molecule has 1 N–H and O–H groups in total. The van der Waals surface area contributed by atoms with Crippen LogP contribution in [0, 0.1) is 0 Å². The van der Waals surface area contributed by atoms with Crippen LogP contribution >= 0.6 is 0 Å². The highest BCUT2D eigenvalue weighted by atomic mass is 16.4. The molecule has 0 aliphatic carbocycles. The molecule has 0 saturated carbocycles. The first-order valence-electron chi connectivity index (χ1n) is 4.32. The number of rotatable bonds is 5. The lowest BCUT2D eigenvalue weighted by Crippen LogP contribution is -2.08. The first kappa shape index (κ1) is 9.19. The maximum atomic E-state index is 5.33. The SMILES string of the molecule is CCc1nnc(CCCNC)o1. The molecule has 12 heavy (non-hydrogen) atoms. The van der Waals surface area contributed by atoms with Crippen molar-refractivity contribution in [3.05, 3.63) is 11.8 Å². The second-order valence-corrected chi connectivity index (χ2v) is 2.65. The number of aryl methyl sites for hydroxylation is 2. The predicted octanol–water partition coefficient (Wildman–Crippen LogP) is 0.784. The highest BCUT2D eigenvalue weighted by molar-refractivity contribution is 4.81. The van der Waals surface area contributed by atoms with Crippen molar-refractivity contribution < 1.29 is 4.42 Å². The fourth-order valence-corrected chi connectivity index (χ4v) is 0.949. The Hall–Kier alpha value is -0.900. The van der Waals surface area contributed by atoms with Crippen molar-refractivity contribution in [2.24, 2.45) is 0 Å². The molecular weight excluding hydrogens is 154 g/mol. The summed E-state index contributed by atoms with van der Waals surface area (Å²) in [4.78, 5) is 0. The molecule has 1 rings (SSSR count). The lowest BCUT2D eigenvalue weighted by molar-refractivity contribution is 0.447. The van der Waals surface area contributed by atoms with E-state index in [9.17, 15) is 0 Å². The quantitative estimate of drug-likeness (QED) is 0.662. The van der Waals surface area contributed by atoms with Gasteiger partial charge in [0.1, 0.15) is 0 Å². The van der Waals surface area contributed by atoms with Gasteiger partial charge in [0, 0.05) is 12.8 Å². The van der Waals surface area contributed by atoms with Gasteiger partial charge < -0.3 is 9.73 Å². The van der Waals surface area contributed by atoms with Crippen molar-refractivity contribution in [3.8, 4) is 0 Å². The van der Waals surface area contributed by atoms with Crippen LogP contribution in [0.1, 0.15) is 25.1 Å². The van der Waals surface area contributed by atoms with E-state index in [-0.39, 0.29) is 0 Å². The molecule has 68 valence electrons. The highest BCUT2D eigenvalue weighted by Gasteiger charge is 2.02. The zero-order valence-corrected chi connectivity index (χ0v) is 7.63. The predicted molar refractivity (Wildman–Crippen MR) is 45.9 cm³/mol. The third kappa shape index (κ3) is 2.62. The Morgan fingerprint density at radius 3 is 2.67 bits per heavy atom. The maximum Gasteiger partial charge on any atom is 0.216 e. The van der Waals surface area contributed by atoms with Crippen molar-refractivity contribution in [1.82, 2.24) is 15.5 Å². The monoisotopic (exact) mass is 169 g/mol. The van der Waals surface area contributed by atoms with Crippen molar-refractivity contribution in [1.29, 1.82) is 0 Å². The summed E-state index contributed by atoms with van der Waals surface area (Å²) in [5, 5.41) is 10.9. The molecule has 1 aromatic rings. The molecule has 0 saturated heterocycles. The Morgan fingerprint density at radius 1 is 1.33 bits per heavy atom. The van der Waals surface area contributed by atoms with Gasteiger partial charge in [-0.3, -0.25) is 0 Å². The van der Waals surface area contributed by atoms with Crippen LogP contribution in [-0.2, 0) is 12.8 Å². The van der Waals surface area contributed by atoms with E-state index in [2.05, 4.69) is 15.5 Å². The standard InChI is InChI=1S/C8H15N3O/c1-3-7-10-11-8(12-7)5-4-6-9-2/h9H,3-6H2,1-2H3. The van der Waals surface area contributed by atoms with E-state index in [1.54, 1.807) is 0 Å². The van der Waals surface area contributed by atoms with E-state index < -0.39 is 0 Å². The summed E-state index contributed by atoms with van der Waals surface area (Å²) in [6.45, 7) is 2.99. The zero-order chi connectivity index (χ0) is 8.81. The van der Waals surface area contributed by atoms with Crippen LogP contribution in [0.15, 0.2) is 4.42 Å². The number of hydrogen-bond donors (Lipinski definition) is 1. The minimum Gasteiger partial charge on any atom is -0.425 e. The van der Waals surface area contributed by atoms with Crippen LogP contribution in [0.2, 0.25) is 0 Å². The molecule has 4 heteroatoms. The summed E-state index contributed by atoms with van der Waals surface area (Å²) >= 11 is 0. The molecule has 0 fully saturated rings. The Balaban J connectivity index is 2.31. The Labute approximate surface area is 72.4 Å². The lowest BCUT2D eigenvalue weighted by Gasteiger charge is -1.93. The molecule has 4 nitrogen and oxygen atoms in total. The Kier molecular flexibility index (Phi) is 3.73. The molecule has 0 aromatic carbocycles. The van der Waals surface area contributed by atoms with E-state index in [0.29, 0.717) is 0 Å². The van der Waals surface area contributed by atoms with Crippen LogP contribution in [0.3, 0.4) is 0 Å². The van der Waals surface area contributed by atoms with Crippen molar-refractivity contribution >= 4 is 0 Å². The van der Waals surface area contributed by atoms with E-state index in [4.69, 9.17) is 4.42 Å². The molecule has 1 heterocycles. The molecule has 0 aliphatic rings. The van der Waals surface area contributed by atoms with Crippen LogP contribution in [0.4, 0.5) is 0 Å². The van der Waals surface area contributed by atoms with Crippen molar-refractivity contribution in [2.45, 2.75) is 26.2 Å². The van der Waals surface area contributed by atoms with Crippen LogP contribution in [-0.4, -0.2) is 23.8 Å². The normalized spacial score (nSPS) is 10.5. The summed E-state index contributed by atoms with van der Waals surface area (Å²) in [5.74, 6) is 1.48. The van der Waals surface area contributed by atoms with Gasteiger partial charge in [-0.25, -0.2) is 0 Å². The minimum atomic E-state index is 0.731. The Bertz CT molecular complexity index is 222. The van der Waals surface area contributed by atoms with Crippen LogP contribution < -0.4 is 5.32 Å². The van der Waals surface area contributed by atoms with Gasteiger partial charge in [-0.05, 0) is 20.0 Å². The molecule has 0 bridgehead atoms. The molecule has 0 unspecified atom stereocenters. The van der Waals surface area contributed by atoms with Gasteiger partial charge in [-0.1, -0.05) is 6.92 Å². The molecule has 0 radical (unpaired) electrons. The number of aromatic nitrogens is 2. The first-order chi connectivity index (χ1) is 5.86. The molecule has 0 atom stereocenters. The fourth-order valence-electron chi connectivity index (χ4n) is 0.949. The summed E-state index contributed by atoms with van der Waals surface area (Å²) in [7, 11) is 1.94. The molecule has 0 aliphatic heterocycles. The summed E-state index contributed by atoms with van der Waals surface area (Å²) in [6, 6.07) is 0. The molecule has 0 amide bonds. The topological polar surface area (TPSA) is 51.0 Å². The van der Waals surface area contributed by atoms with Gasteiger partial charge in [0.15, 0.2) is 0 Å². The Morgan fingerprint density at radius 2 is 2.08 bits per heavy atom. The number of nitrogens with one attached hydrogen (secondary N) is 1. The third-order valence-electron chi connectivity index (χ3n) is 1.63. The van der Waals surface area contributed by atoms with Crippen LogP contribution in [0.25, 0.3) is 0 Å². The first-order valence-corrected chi connectivity index (χ1v) is 4.32. The van der Waals surface area contributed by atoms with Gasteiger partial charge in [-0.2, -0.15) is 0 Å². The average molecular weight is 169 g/mol. The smallest absolute Gasteiger partial charge is 0.216 e. The van der Waals surface area contributed by atoms with Crippen molar-refractivity contribution in [3.63, 3.8) is 0 Å². The largest absolute Gasteiger partial charge is 0.425 e. The van der Waals surface area contributed by atoms with Gasteiger partial charge in [0.2, 0.25) is 11.8 Å². The minimum absolute atomic E-state index is 0.731. The van der Waals surface area contributed by atoms with Crippen molar-refractivity contribution in [2.75, 3.05) is 13.6 Å². The third-order valence-corrected chi connectivity index (χ3v) is 1.63. The van der Waals surface area contributed by atoms with Gasteiger partial charge >= 0.3 is 0 Å².